The minimum Gasteiger partial charge on any atom is -0.350 e. The van der Waals surface area contributed by atoms with Crippen LogP contribution in [0.3, 0.4) is 0 Å². The first-order valence-electron chi connectivity index (χ1n) is 11.0. The molecule has 0 radical (unpaired) electrons. The summed E-state index contributed by atoms with van der Waals surface area (Å²) in [5.41, 5.74) is 0.873. The van der Waals surface area contributed by atoms with Crippen molar-refractivity contribution in [1.82, 2.24) is 20.3 Å². The Morgan fingerprint density at radius 2 is 1.82 bits per heavy atom. The fraction of sp³-hybridized carbons (Fsp3) is 0.435. The molecule has 1 unspecified atom stereocenters. The Balaban J connectivity index is 1.39. The fourth-order valence-electron chi connectivity index (χ4n) is 3.80. The second kappa shape index (κ2) is 11.3. The average molecular weight is 477 g/mol. The van der Waals surface area contributed by atoms with Gasteiger partial charge in [-0.2, -0.15) is 0 Å². The van der Waals surface area contributed by atoms with Gasteiger partial charge in [0.15, 0.2) is 0 Å². The van der Waals surface area contributed by atoms with Crippen LogP contribution in [0.1, 0.15) is 38.2 Å². The van der Waals surface area contributed by atoms with Gasteiger partial charge in [-0.3, -0.25) is 14.6 Å². The fourth-order valence-corrected chi connectivity index (χ4v) is 4.91. The molecule has 1 aromatic carbocycles. The van der Waals surface area contributed by atoms with Crippen LogP contribution >= 0.6 is 0 Å². The van der Waals surface area contributed by atoms with Crippen LogP contribution in [0.25, 0.3) is 0 Å². The monoisotopic (exact) mass is 476 g/mol. The van der Waals surface area contributed by atoms with Crippen LogP contribution in [0, 0.1) is 17.7 Å². The highest BCUT2D eigenvalue weighted by molar-refractivity contribution is 7.89. The van der Waals surface area contributed by atoms with Crippen molar-refractivity contribution < 1.29 is 22.4 Å². The smallest absolute Gasteiger partial charge is 0.242 e. The van der Waals surface area contributed by atoms with Crippen LogP contribution in [0.4, 0.5) is 4.39 Å². The third-order valence-electron chi connectivity index (χ3n) is 5.85. The second-order valence-electron chi connectivity index (χ2n) is 8.33. The first kappa shape index (κ1) is 24.8. The first-order chi connectivity index (χ1) is 15.7. The molecule has 1 aliphatic carbocycles. The summed E-state index contributed by atoms with van der Waals surface area (Å²) < 4.78 is 40.3. The van der Waals surface area contributed by atoms with E-state index in [0.29, 0.717) is 32.2 Å². The molecule has 0 spiro atoms. The number of hydrogen-bond acceptors (Lipinski definition) is 5. The molecule has 1 aromatic heterocycles. The van der Waals surface area contributed by atoms with Gasteiger partial charge in [-0.1, -0.05) is 6.07 Å². The summed E-state index contributed by atoms with van der Waals surface area (Å²) in [5, 5.41) is 5.56. The standard InChI is InChI=1S/C23H29FN4O4S/c1-16(22(29)26-14-18-3-2-12-25-13-18)28-23(30)19-6-4-17(5-7-19)15-27-33(31,32)21-10-8-20(24)9-11-21/h2-3,8-13,16-17,19,27H,4-7,14-15H2,1H3,(H,26,29)(H,28,30). The Kier molecular flexibility index (Phi) is 8.51. The SMILES string of the molecule is CC(NC(=O)C1CCC(CNS(=O)(=O)c2ccc(F)cc2)CC1)C(=O)NCc1cccnc1. The van der Waals surface area contributed by atoms with Crippen LogP contribution in [-0.4, -0.2) is 37.8 Å². The highest BCUT2D eigenvalue weighted by Crippen LogP contribution is 2.29. The van der Waals surface area contributed by atoms with E-state index in [4.69, 9.17) is 0 Å². The minimum absolute atomic E-state index is 0.0211. The first-order valence-corrected chi connectivity index (χ1v) is 12.4. The van der Waals surface area contributed by atoms with Gasteiger partial charge in [-0.15, -0.1) is 0 Å². The molecule has 178 valence electrons. The Hall–Kier alpha value is -2.85. The highest BCUT2D eigenvalue weighted by Gasteiger charge is 2.29. The number of sulfonamides is 1. The largest absolute Gasteiger partial charge is 0.350 e. The van der Waals surface area contributed by atoms with E-state index < -0.39 is 21.9 Å². The molecule has 2 aromatic rings. The van der Waals surface area contributed by atoms with Crippen LogP contribution in [0.15, 0.2) is 53.7 Å². The van der Waals surface area contributed by atoms with Crippen molar-refractivity contribution in [2.75, 3.05) is 6.54 Å². The third kappa shape index (κ3) is 7.33. The molecule has 10 heteroatoms. The molecule has 1 aliphatic rings. The number of carbonyl (C=O) groups excluding carboxylic acids is 2. The molecular weight excluding hydrogens is 447 g/mol. The quantitative estimate of drug-likeness (QED) is 0.513. The maximum absolute atomic E-state index is 13.0. The summed E-state index contributed by atoms with van der Waals surface area (Å²) in [7, 11) is -3.70. The van der Waals surface area contributed by atoms with Crippen molar-refractivity contribution in [1.29, 1.82) is 0 Å². The molecule has 1 saturated carbocycles. The van der Waals surface area contributed by atoms with Crippen molar-refractivity contribution in [3.05, 3.63) is 60.2 Å². The molecule has 1 atom stereocenters. The number of rotatable bonds is 9. The second-order valence-corrected chi connectivity index (χ2v) is 10.1. The number of nitrogens with zero attached hydrogens (tertiary/aromatic N) is 1. The summed E-state index contributed by atoms with van der Waals surface area (Å²) in [6, 6.07) is 7.66. The number of pyridine rings is 1. The van der Waals surface area contributed by atoms with E-state index in [9.17, 15) is 22.4 Å². The van der Waals surface area contributed by atoms with Crippen LogP contribution in [0.2, 0.25) is 0 Å². The Morgan fingerprint density at radius 1 is 1.12 bits per heavy atom. The van der Waals surface area contributed by atoms with Gasteiger partial charge in [0.1, 0.15) is 11.9 Å². The molecule has 0 bridgehead atoms. The lowest BCUT2D eigenvalue weighted by molar-refractivity contribution is -0.131. The molecule has 1 fully saturated rings. The van der Waals surface area contributed by atoms with Crippen LogP contribution in [0.5, 0.6) is 0 Å². The number of hydrogen-bond donors (Lipinski definition) is 3. The van der Waals surface area contributed by atoms with Crippen molar-refractivity contribution in [3.8, 4) is 0 Å². The lowest BCUT2D eigenvalue weighted by Gasteiger charge is -2.28. The number of nitrogens with one attached hydrogen (secondary N) is 3. The lowest BCUT2D eigenvalue weighted by atomic mass is 9.81. The van der Waals surface area contributed by atoms with Crippen molar-refractivity contribution in [3.63, 3.8) is 0 Å². The van der Waals surface area contributed by atoms with E-state index in [2.05, 4.69) is 20.3 Å². The maximum atomic E-state index is 13.0. The number of aromatic nitrogens is 1. The summed E-state index contributed by atoms with van der Waals surface area (Å²) >= 11 is 0. The van der Waals surface area contributed by atoms with E-state index in [1.165, 1.54) is 12.1 Å². The van der Waals surface area contributed by atoms with E-state index in [1.807, 2.05) is 6.07 Å². The van der Waals surface area contributed by atoms with Crippen LogP contribution < -0.4 is 15.4 Å². The van der Waals surface area contributed by atoms with Crippen molar-refractivity contribution in [2.45, 2.75) is 50.1 Å². The molecule has 3 rings (SSSR count). The third-order valence-corrected chi connectivity index (χ3v) is 7.28. The molecule has 2 amide bonds. The number of halogens is 1. The zero-order valence-corrected chi connectivity index (χ0v) is 19.3. The molecule has 0 saturated heterocycles. The summed E-state index contributed by atoms with van der Waals surface area (Å²) in [4.78, 5) is 28.9. The molecule has 3 N–H and O–H groups in total. The molecular formula is C23H29FN4O4S. The van der Waals surface area contributed by atoms with Gasteiger partial charge in [-0.25, -0.2) is 17.5 Å². The van der Waals surface area contributed by atoms with E-state index in [0.717, 1.165) is 17.7 Å². The minimum atomic E-state index is -3.70. The highest BCUT2D eigenvalue weighted by atomic mass is 32.2. The van der Waals surface area contributed by atoms with Gasteiger partial charge in [0.2, 0.25) is 21.8 Å². The predicted molar refractivity (Wildman–Crippen MR) is 121 cm³/mol. The van der Waals surface area contributed by atoms with E-state index >= 15 is 0 Å². The average Bonchev–Trinajstić information content (AvgIpc) is 2.82. The predicted octanol–water partition coefficient (Wildman–Crippen LogP) is 2.13. The topological polar surface area (TPSA) is 117 Å². The van der Waals surface area contributed by atoms with Gasteiger partial charge in [0.25, 0.3) is 0 Å². The zero-order valence-electron chi connectivity index (χ0n) is 18.5. The summed E-state index contributed by atoms with van der Waals surface area (Å²) in [5.74, 6) is -1.01. The Labute approximate surface area is 193 Å². The molecule has 33 heavy (non-hydrogen) atoms. The van der Waals surface area contributed by atoms with Gasteiger partial charge < -0.3 is 10.6 Å². The van der Waals surface area contributed by atoms with Gasteiger partial charge in [0, 0.05) is 31.4 Å². The van der Waals surface area contributed by atoms with Crippen molar-refractivity contribution in [2.24, 2.45) is 11.8 Å². The molecule has 8 nitrogen and oxygen atoms in total. The Morgan fingerprint density at radius 3 is 2.45 bits per heavy atom. The van der Waals surface area contributed by atoms with E-state index in [-0.39, 0.29) is 35.1 Å². The van der Waals surface area contributed by atoms with Gasteiger partial charge in [0.05, 0.1) is 4.90 Å². The zero-order chi connectivity index (χ0) is 23.8. The molecule has 1 heterocycles. The number of benzene rings is 1. The number of amides is 2. The molecule has 0 aliphatic heterocycles. The Bertz CT molecular complexity index is 1040. The van der Waals surface area contributed by atoms with Crippen molar-refractivity contribution >= 4 is 21.8 Å². The maximum Gasteiger partial charge on any atom is 0.242 e. The van der Waals surface area contributed by atoms with Gasteiger partial charge >= 0.3 is 0 Å². The number of carbonyl (C=O) groups is 2. The normalized spacial score (nSPS) is 19.5. The van der Waals surface area contributed by atoms with Gasteiger partial charge in [-0.05, 0) is 74.4 Å². The lowest BCUT2D eigenvalue weighted by Crippen LogP contribution is -2.47. The van der Waals surface area contributed by atoms with Crippen LogP contribution in [-0.2, 0) is 26.2 Å². The van der Waals surface area contributed by atoms with E-state index in [1.54, 1.807) is 25.4 Å². The summed E-state index contributed by atoms with van der Waals surface area (Å²) in [6.07, 6.45) is 5.97. The summed E-state index contributed by atoms with van der Waals surface area (Å²) in [6.45, 7) is 2.25.